The Kier molecular flexibility index (Phi) is 7.61. The van der Waals surface area contributed by atoms with Gasteiger partial charge in [0.25, 0.3) is 0 Å². The van der Waals surface area contributed by atoms with E-state index in [1.807, 2.05) is 48.5 Å². The highest BCUT2D eigenvalue weighted by molar-refractivity contribution is 7.26. The molecule has 6 nitrogen and oxygen atoms in total. The maximum absolute atomic E-state index is 6.12. The fraction of sp³-hybridized carbons (Fsp3) is 0. The second-order valence-electron chi connectivity index (χ2n) is 14.6. The molecular weight excluding hydrogens is 743 g/mol. The predicted octanol–water partition coefficient (Wildman–Crippen LogP) is 13.8. The Morgan fingerprint density at radius 3 is 1.95 bits per heavy atom. The number of hydrogen-bond acceptors (Lipinski definition) is 6. The van der Waals surface area contributed by atoms with Crippen molar-refractivity contribution in [2.24, 2.45) is 0 Å². The molecule has 0 aliphatic heterocycles. The van der Waals surface area contributed by atoms with Crippen LogP contribution in [-0.4, -0.2) is 24.5 Å². The Bertz CT molecular complexity index is 3540. The number of para-hydroxylation sites is 4. The van der Waals surface area contributed by atoms with Crippen molar-refractivity contribution in [3.63, 3.8) is 0 Å². The lowest BCUT2D eigenvalue weighted by Gasteiger charge is -2.11. The average Bonchev–Trinajstić information content (AvgIpc) is 4.01. The molecule has 8 aromatic carbocycles. The van der Waals surface area contributed by atoms with Crippen molar-refractivity contribution in [3.8, 4) is 62.4 Å². The summed E-state index contributed by atoms with van der Waals surface area (Å²) in [6, 6.07) is 65.2. The predicted molar refractivity (Wildman–Crippen MR) is 242 cm³/mol. The molecule has 0 saturated heterocycles. The van der Waals surface area contributed by atoms with Gasteiger partial charge in [0.2, 0.25) is 5.89 Å². The monoisotopic (exact) mass is 773 g/mol. The van der Waals surface area contributed by atoms with E-state index in [2.05, 4.69) is 144 Å². The molecule has 0 radical (unpaired) electrons. The maximum Gasteiger partial charge on any atom is 0.227 e. The van der Waals surface area contributed by atoms with E-state index in [0.717, 1.165) is 82.1 Å². The molecule has 0 unspecified atom stereocenters. The van der Waals surface area contributed by atoms with Gasteiger partial charge < -0.3 is 8.98 Å². The van der Waals surface area contributed by atoms with Gasteiger partial charge in [-0.1, -0.05) is 121 Å². The van der Waals surface area contributed by atoms with Gasteiger partial charge in [0.05, 0.1) is 11.0 Å². The third-order valence-corrected chi connectivity index (χ3v) is 12.3. The molecule has 0 spiro atoms. The molecule has 12 rings (SSSR count). The minimum Gasteiger partial charge on any atom is -0.436 e. The van der Waals surface area contributed by atoms with Crippen molar-refractivity contribution in [2.45, 2.75) is 0 Å². The number of rotatable bonds is 6. The molecule has 0 aliphatic rings. The van der Waals surface area contributed by atoms with Gasteiger partial charge in [0.15, 0.2) is 23.1 Å². The van der Waals surface area contributed by atoms with E-state index in [-0.39, 0.29) is 0 Å². The summed E-state index contributed by atoms with van der Waals surface area (Å²) in [5.41, 5.74) is 11.0. The Balaban J connectivity index is 1.02. The van der Waals surface area contributed by atoms with Crippen molar-refractivity contribution in [2.75, 3.05) is 0 Å². The van der Waals surface area contributed by atoms with Crippen LogP contribution in [0.5, 0.6) is 0 Å². The fourth-order valence-corrected chi connectivity index (χ4v) is 9.57. The highest BCUT2D eigenvalue weighted by atomic mass is 32.1. The quantitative estimate of drug-likeness (QED) is 0.168. The van der Waals surface area contributed by atoms with E-state index in [1.165, 1.54) is 10.1 Å². The van der Waals surface area contributed by atoms with Gasteiger partial charge in [-0.3, -0.25) is 0 Å². The van der Waals surface area contributed by atoms with Crippen LogP contribution in [0.1, 0.15) is 0 Å². The third kappa shape index (κ3) is 5.55. The smallest absolute Gasteiger partial charge is 0.227 e. The van der Waals surface area contributed by atoms with E-state index < -0.39 is 0 Å². The van der Waals surface area contributed by atoms with Crippen molar-refractivity contribution < 1.29 is 4.42 Å². The molecule has 0 bridgehead atoms. The molecular formula is C52H31N5OS. The number of oxazole rings is 1. The minimum atomic E-state index is 0.615. The number of aromatic nitrogens is 5. The van der Waals surface area contributed by atoms with E-state index in [4.69, 9.17) is 24.4 Å². The number of hydrogen-bond donors (Lipinski definition) is 0. The lowest BCUT2D eigenvalue weighted by Crippen LogP contribution is -2.00. The topological polar surface area (TPSA) is 69.6 Å². The van der Waals surface area contributed by atoms with E-state index in [9.17, 15) is 0 Å². The Hall–Kier alpha value is -7.74. The summed E-state index contributed by atoms with van der Waals surface area (Å²) >= 11 is 1.77. The summed E-state index contributed by atoms with van der Waals surface area (Å²) in [7, 11) is 0. The highest BCUT2D eigenvalue weighted by Crippen LogP contribution is 2.43. The number of fused-ring (bicyclic) bond motifs is 7. The molecule has 0 N–H and O–H groups in total. The molecule has 59 heavy (non-hydrogen) atoms. The van der Waals surface area contributed by atoms with Crippen LogP contribution in [0.4, 0.5) is 0 Å². The normalized spacial score (nSPS) is 11.7. The van der Waals surface area contributed by atoms with Crippen molar-refractivity contribution in [3.05, 3.63) is 188 Å². The zero-order chi connectivity index (χ0) is 38.9. The first-order chi connectivity index (χ1) is 29.2. The van der Waals surface area contributed by atoms with Crippen molar-refractivity contribution in [1.29, 1.82) is 0 Å². The van der Waals surface area contributed by atoms with Crippen LogP contribution in [0.15, 0.2) is 192 Å². The lowest BCUT2D eigenvalue weighted by atomic mass is 10.0. The van der Waals surface area contributed by atoms with Gasteiger partial charge >= 0.3 is 0 Å². The molecule has 0 aliphatic carbocycles. The summed E-state index contributed by atoms with van der Waals surface area (Å²) in [6.45, 7) is 0. The Morgan fingerprint density at radius 1 is 0.424 bits per heavy atom. The average molecular weight is 774 g/mol. The van der Waals surface area contributed by atoms with Gasteiger partial charge in [-0.25, -0.2) is 19.9 Å². The zero-order valence-electron chi connectivity index (χ0n) is 31.5. The first kappa shape index (κ1) is 33.4. The van der Waals surface area contributed by atoms with Crippen LogP contribution >= 0.6 is 11.3 Å². The summed E-state index contributed by atoms with van der Waals surface area (Å²) < 4.78 is 10.8. The van der Waals surface area contributed by atoms with Crippen LogP contribution in [0.25, 0.3) is 116 Å². The second-order valence-corrected chi connectivity index (χ2v) is 15.7. The van der Waals surface area contributed by atoms with Gasteiger partial charge in [0, 0.05) is 58.9 Å². The van der Waals surface area contributed by atoms with Crippen molar-refractivity contribution >= 4 is 64.4 Å². The third-order valence-electron chi connectivity index (χ3n) is 11.1. The molecule has 4 aromatic heterocycles. The van der Waals surface area contributed by atoms with E-state index >= 15 is 0 Å². The van der Waals surface area contributed by atoms with Crippen LogP contribution in [-0.2, 0) is 0 Å². The highest BCUT2D eigenvalue weighted by Gasteiger charge is 2.21. The molecule has 4 heterocycles. The molecule has 7 heteroatoms. The number of nitrogens with zero attached hydrogens (tertiary/aromatic N) is 5. The standard InChI is InChI=1S/C52H31N5OS/c1-3-14-32(15-4-1)49-54-50(39-22-13-26-44-47(39)38-20-7-9-25-43(38)57(44)36-18-5-2-6-19-36)56-51(55-49)40-23-12-21-37-41-31-34(28-29-46(41)59-48(37)40)33-16-11-17-35(30-33)52-53-42-24-8-10-27-45(42)58-52/h1-31H. The number of benzene rings is 8. The first-order valence-corrected chi connectivity index (χ1v) is 20.4. The van der Waals surface area contributed by atoms with Crippen LogP contribution in [0, 0.1) is 0 Å². The summed E-state index contributed by atoms with van der Waals surface area (Å²) in [5, 5.41) is 4.60. The molecule has 12 aromatic rings. The van der Waals surface area contributed by atoms with Gasteiger partial charge in [-0.2, -0.15) is 0 Å². The minimum absolute atomic E-state index is 0.615. The molecule has 0 saturated carbocycles. The van der Waals surface area contributed by atoms with Gasteiger partial charge in [-0.05, 0) is 77.9 Å². The van der Waals surface area contributed by atoms with Crippen molar-refractivity contribution in [1.82, 2.24) is 24.5 Å². The molecule has 0 fully saturated rings. The van der Waals surface area contributed by atoms with Crippen LogP contribution in [0.3, 0.4) is 0 Å². The second kappa shape index (κ2) is 13.4. The Morgan fingerprint density at radius 2 is 1.07 bits per heavy atom. The first-order valence-electron chi connectivity index (χ1n) is 19.5. The van der Waals surface area contributed by atoms with Crippen LogP contribution < -0.4 is 0 Å². The maximum atomic E-state index is 6.12. The molecule has 0 amide bonds. The summed E-state index contributed by atoms with van der Waals surface area (Å²) in [4.78, 5) is 20.5. The van der Waals surface area contributed by atoms with E-state index in [0.29, 0.717) is 23.4 Å². The zero-order valence-corrected chi connectivity index (χ0v) is 32.3. The summed E-state index contributed by atoms with van der Waals surface area (Å²) in [5.74, 6) is 2.52. The van der Waals surface area contributed by atoms with Gasteiger partial charge in [0.1, 0.15) is 5.52 Å². The van der Waals surface area contributed by atoms with E-state index in [1.54, 1.807) is 11.3 Å². The lowest BCUT2D eigenvalue weighted by molar-refractivity contribution is 0.620. The number of thiophene rings is 1. The van der Waals surface area contributed by atoms with Gasteiger partial charge in [-0.15, -0.1) is 11.3 Å². The Labute approximate surface area is 342 Å². The largest absolute Gasteiger partial charge is 0.436 e. The molecule has 0 atom stereocenters. The fourth-order valence-electron chi connectivity index (χ4n) is 8.38. The summed E-state index contributed by atoms with van der Waals surface area (Å²) in [6.07, 6.45) is 0. The molecule has 276 valence electrons. The SMILES string of the molecule is c1ccc(-c2nc(-c3cccc4c3sc3ccc(-c5cccc(-c6nc7ccccc7o6)c5)cc34)nc(-c3cccc4c3c3ccccc3n4-c3ccccc3)n2)cc1. The van der Waals surface area contributed by atoms with Crippen LogP contribution in [0.2, 0.25) is 0 Å².